The molecule has 136 valence electrons. The monoisotopic (exact) mass is 414 g/mol. The van der Waals surface area contributed by atoms with Crippen molar-refractivity contribution in [1.82, 2.24) is 19.9 Å². The number of nitrogens with one attached hydrogen (secondary N) is 1. The molecule has 8 heteroatoms. The van der Waals surface area contributed by atoms with Gasteiger partial charge in [0.15, 0.2) is 5.16 Å². The van der Waals surface area contributed by atoms with Crippen molar-refractivity contribution in [3.8, 4) is 11.3 Å². The molecule has 0 aliphatic carbocycles. The number of carbonyl (C=O) groups is 1. The largest absolute Gasteiger partial charge is 0.347 e. The normalized spacial score (nSPS) is 11.1. The van der Waals surface area contributed by atoms with E-state index in [9.17, 15) is 4.79 Å². The summed E-state index contributed by atoms with van der Waals surface area (Å²) in [6.07, 6.45) is 0. The van der Waals surface area contributed by atoms with E-state index in [1.54, 1.807) is 4.40 Å². The van der Waals surface area contributed by atoms with Crippen LogP contribution in [0.15, 0.2) is 53.7 Å². The zero-order valence-corrected chi connectivity index (χ0v) is 16.8. The minimum Gasteiger partial charge on any atom is -0.347 e. The highest BCUT2D eigenvalue weighted by Gasteiger charge is 2.22. The summed E-state index contributed by atoms with van der Waals surface area (Å²) in [5, 5.41) is 12.2. The second kappa shape index (κ2) is 7.34. The van der Waals surface area contributed by atoms with E-state index >= 15 is 0 Å². The van der Waals surface area contributed by atoms with Crippen LogP contribution in [0.5, 0.6) is 0 Å². The fourth-order valence-corrected chi connectivity index (χ4v) is 4.30. The van der Waals surface area contributed by atoms with E-state index in [0.29, 0.717) is 26.6 Å². The van der Waals surface area contributed by atoms with E-state index in [4.69, 9.17) is 11.6 Å². The number of amides is 1. The summed E-state index contributed by atoms with van der Waals surface area (Å²) < 4.78 is 1.79. The molecule has 0 aliphatic rings. The van der Waals surface area contributed by atoms with E-state index in [1.807, 2.05) is 55.5 Å². The lowest BCUT2D eigenvalue weighted by Gasteiger charge is -2.08. The average Bonchev–Trinajstić information content (AvgIpc) is 3.23. The molecule has 2 aromatic heterocycles. The molecule has 2 heterocycles. The third kappa shape index (κ3) is 3.45. The Kier molecular flexibility index (Phi) is 4.90. The van der Waals surface area contributed by atoms with Gasteiger partial charge in [0.2, 0.25) is 4.96 Å². The summed E-state index contributed by atoms with van der Waals surface area (Å²) in [5.74, 6) is -0.172. The van der Waals surface area contributed by atoms with Crippen LogP contribution >= 0.6 is 35.6 Å². The lowest BCUT2D eigenvalue weighted by atomic mass is 10.1. The van der Waals surface area contributed by atoms with Crippen LogP contribution in [0.4, 0.5) is 0 Å². The van der Waals surface area contributed by atoms with E-state index in [1.165, 1.54) is 11.3 Å². The maximum Gasteiger partial charge on any atom is 0.263 e. The summed E-state index contributed by atoms with van der Waals surface area (Å²) in [5.41, 5.74) is 3.59. The summed E-state index contributed by atoms with van der Waals surface area (Å²) >= 11 is 11.8. The number of nitrogens with zero attached hydrogens (tertiary/aromatic N) is 3. The van der Waals surface area contributed by atoms with Gasteiger partial charge in [-0.25, -0.2) is 0 Å². The van der Waals surface area contributed by atoms with Gasteiger partial charge in [-0.2, -0.15) is 0 Å². The number of rotatable bonds is 4. The molecular formula is C19H15ClN4OS2. The van der Waals surface area contributed by atoms with Crippen molar-refractivity contribution in [2.45, 2.75) is 18.6 Å². The van der Waals surface area contributed by atoms with Gasteiger partial charge in [-0.15, -0.1) is 22.8 Å². The standard InChI is InChI=1S/C19H15ClN4OS2/c1-11-7-8-12(9-14(11)20)10-21-17(25)16-15(13-5-3-2-4-6-13)24-18(26)22-23-19(24)27-16/h2-9H,10H2,1H3,(H,21,25)(H,22,26). The quantitative estimate of drug-likeness (QED) is 0.478. The lowest BCUT2D eigenvalue weighted by Crippen LogP contribution is -2.22. The van der Waals surface area contributed by atoms with Gasteiger partial charge in [-0.3, -0.25) is 9.20 Å². The smallest absolute Gasteiger partial charge is 0.263 e. The van der Waals surface area contributed by atoms with E-state index in [2.05, 4.69) is 28.1 Å². The first-order valence-corrected chi connectivity index (χ1v) is 9.84. The van der Waals surface area contributed by atoms with Crippen LogP contribution < -0.4 is 5.32 Å². The van der Waals surface area contributed by atoms with Gasteiger partial charge >= 0.3 is 0 Å². The Hall–Kier alpha value is -2.35. The molecule has 27 heavy (non-hydrogen) atoms. The molecule has 1 amide bonds. The van der Waals surface area contributed by atoms with Crippen LogP contribution in [0.2, 0.25) is 5.02 Å². The van der Waals surface area contributed by atoms with Crippen molar-refractivity contribution < 1.29 is 4.79 Å². The van der Waals surface area contributed by atoms with Crippen LogP contribution in [0.1, 0.15) is 20.8 Å². The molecule has 0 unspecified atom stereocenters. The summed E-state index contributed by atoms with van der Waals surface area (Å²) in [6, 6.07) is 15.5. The number of aromatic nitrogens is 3. The number of fused-ring (bicyclic) bond motifs is 1. The predicted octanol–water partition coefficient (Wildman–Crippen LogP) is 4.64. The SMILES string of the molecule is Cc1ccc(CNC(=O)c2sc3nnc(S)n3c2-c2ccccc2)cc1Cl. The zero-order chi connectivity index (χ0) is 19.0. The van der Waals surface area contributed by atoms with Crippen molar-refractivity contribution in [3.05, 3.63) is 69.6 Å². The molecule has 0 spiro atoms. The molecular weight excluding hydrogens is 400 g/mol. The van der Waals surface area contributed by atoms with Gasteiger partial charge in [0.25, 0.3) is 5.91 Å². The summed E-state index contributed by atoms with van der Waals surface area (Å²) in [7, 11) is 0. The van der Waals surface area contributed by atoms with Crippen molar-refractivity contribution in [2.24, 2.45) is 0 Å². The lowest BCUT2D eigenvalue weighted by molar-refractivity contribution is 0.0955. The Balaban J connectivity index is 1.68. The highest BCUT2D eigenvalue weighted by Crippen LogP contribution is 2.33. The first kappa shape index (κ1) is 18.0. The first-order chi connectivity index (χ1) is 13.0. The Labute approximate surface area is 170 Å². The molecule has 0 fully saturated rings. The summed E-state index contributed by atoms with van der Waals surface area (Å²) in [4.78, 5) is 14.1. The molecule has 0 bridgehead atoms. The number of thiazole rings is 1. The van der Waals surface area contributed by atoms with Crippen LogP contribution in [0.25, 0.3) is 16.2 Å². The average molecular weight is 415 g/mol. The molecule has 0 saturated heterocycles. The number of aryl methyl sites for hydroxylation is 1. The first-order valence-electron chi connectivity index (χ1n) is 8.20. The molecule has 4 aromatic rings. The Morgan fingerprint density at radius 1 is 1.22 bits per heavy atom. The summed E-state index contributed by atoms with van der Waals surface area (Å²) in [6.45, 7) is 2.33. The van der Waals surface area contributed by atoms with Crippen molar-refractivity contribution >= 4 is 46.4 Å². The van der Waals surface area contributed by atoms with Crippen molar-refractivity contribution in [2.75, 3.05) is 0 Å². The van der Waals surface area contributed by atoms with E-state index in [-0.39, 0.29) is 5.91 Å². The van der Waals surface area contributed by atoms with Gasteiger partial charge in [0.05, 0.1) is 5.69 Å². The predicted molar refractivity (Wildman–Crippen MR) is 111 cm³/mol. The number of hydrogen-bond acceptors (Lipinski definition) is 5. The zero-order valence-electron chi connectivity index (χ0n) is 14.3. The van der Waals surface area contributed by atoms with Crippen molar-refractivity contribution in [1.29, 1.82) is 0 Å². The maximum absolute atomic E-state index is 12.9. The van der Waals surface area contributed by atoms with Gasteiger partial charge in [0.1, 0.15) is 4.88 Å². The fraction of sp³-hybridized carbons (Fsp3) is 0.105. The highest BCUT2D eigenvalue weighted by atomic mass is 35.5. The Morgan fingerprint density at radius 2 is 2.00 bits per heavy atom. The molecule has 4 rings (SSSR count). The van der Waals surface area contributed by atoms with Crippen LogP contribution in [-0.2, 0) is 6.54 Å². The van der Waals surface area contributed by atoms with Gasteiger partial charge in [-0.05, 0) is 24.1 Å². The molecule has 2 aromatic carbocycles. The van der Waals surface area contributed by atoms with Crippen LogP contribution in [0, 0.1) is 6.92 Å². The van der Waals surface area contributed by atoms with Crippen LogP contribution in [0.3, 0.4) is 0 Å². The Bertz CT molecular complexity index is 1140. The number of halogens is 1. The third-order valence-electron chi connectivity index (χ3n) is 4.19. The number of thiol groups is 1. The van der Waals surface area contributed by atoms with E-state index < -0.39 is 0 Å². The molecule has 0 aliphatic heterocycles. The molecule has 1 N–H and O–H groups in total. The third-order valence-corrected chi connectivity index (χ3v) is 5.92. The van der Waals surface area contributed by atoms with Crippen LogP contribution in [-0.4, -0.2) is 20.5 Å². The number of carbonyl (C=O) groups excluding carboxylic acids is 1. The second-order valence-corrected chi connectivity index (χ2v) is 7.81. The van der Waals surface area contributed by atoms with E-state index in [0.717, 1.165) is 22.4 Å². The minimum atomic E-state index is -0.172. The second-order valence-electron chi connectivity index (χ2n) is 6.03. The minimum absolute atomic E-state index is 0.172. The Morgan fingerprint density at radius 3 is 2.74 bits per heavy atom. The molecule has 5 nitrogen and oxygen atoms in total. The highest BCUT2D eigenvalue weighted by molar-refractivity contribution is 7.80. The number of hydrogen-bond donors (Lipinski definition) is 2. The molecule has 0 radical (unpaired) electrons. The van der Waals surface area contributed by atoms with Gasteiger partial charge < -0.3 is 5.32 Å². The fourth-order valence-electron chi connectivity index (χ4n) is 2.78. The molecule has 0 atom stereocenters. The van der Waals surface area contributed by atoms with Gasteiger partial charge in [0, 0.05) is 17.1 Å². The topological polar surface area (TPSA) is 59.3 Å². The molecule has 0 saturated carbocycles. The maximum atomic E-state index is 12.9. The van der Waals surface area contributed by atoms with Crippen molar-refractivity contribution in [3.63, 3.8) is 0 Å². The number of benzene rings is 2. The van der Waals surface area contributed by atoms with Gasteiger partial charge in [-0.1, -0.05) is 65.4 Å².